The Kier molecular flexibility index (Phi) is 4.63. The van der Waals surface area contributed by atoms with Gasteiger partial charge in [-0.25, -0.2) is 14.3 Å². The van der Waals surface area contributed by atoms with Crippen molar-refractivity contribution in [3.8, 4) is 0 Å². The molecule has 110 valence electrons. The summed E-state index contributed by atoms with van der Waals surface area (Å²) in [6, 6.07) is 0. The van der Waals surface area contributed by atoms with E-state index in [4.69, 9.17) is 5.14 Å². The Labute approximate surface area is 120 Å². The molecule has 0 amide bonds. The summed E-state index contributed by atoms with van der Waals surface area (Å²) in [5.74, 6) is 0. The van der Waals surface area contributed by atoms with Gasteiger partial charge >= 0.3 is 0 Å². The van der Waals surface area contributed by atoms with Crippen LogP contribution in [0.15, 0.2) is 14.4 Å². The first-order valence-electron chi connectivity index (χ1n) is 6.07. The summed E-state index contributed by atoms with van der Waals surface area (Å²) in [4.78, 5) is 4.04. The molecule has 5 nitrogen and oxygen atoms in total. The lowest BCUT2D eigenvalue weighted by Gasteiger charge is -2.32. The van der Waals surface area contributed by atoms with Gasteiger partial charge in [0.1, 0.15) is 25.2 Å². The molecule has 0 aliphatic heterocycles. The average molecular weight is 322 g/mol. The van der Waals surface area contributed by atoms with Gasteiger partial charge < -0.3 is 5.11 Å². The molecule has 8 heteroatoms. The molecule has 0 saturated heterocycles. The molecule has 0 aromatic carbocycles. The average Bonchev–Trinajstić information content (AvgIpc) is 2.62. The Balaban J connectivity index is 3.27. The third-order valence-corrected chi connectivity index (χ3v) is 12.5. The minimum Gasteiger partial charge on any atom is -0.386 e. The number of nitrogens with zero attached hydrogens (tertiary/aromatic N) is 2. The van der Waals surface area contributed by atoms with Gasteiger partial charge in [-0.1, -0.05) is 20.8 Å². The van der Waals surface area contributed by atoms with E-state index in [0.717, 1.165) is 0 Å². The lowest BCUT2D eigenvalue weighted by molar-refractivity contribution is 0.199. The van der Waals surface area contributed by atoms with E-state index in [2.05, 4.69) is 42.9 Å². The Morgan fingerprint density at radius 3 is 2.42 bits per heavy atom. The van der Waals surface area contributed by atoms with Crippen LogP contribution in [0.5, 0.6) is 0 Å². The molecular formula is C11H23N3O2S2Si. The van der Waals surface area contributed by atoms with Crippen LogP contribution in [0.4, 0.5) is 0 Å². The fraction of sp³-hybridized carbons (Fsp3) is 0.727. The summed E-state index contributed by atoms with van der Waals surface area (Å²) < 4.78 is 17.5. The quantitative estimate of drug-likeness (QED) is 0.839. The van der Waals surface area contributed by atoms with Gasteiger partial charge in [0.25, 0.3) is 0 Å². The van der Waals surface area contributed by atoms with E-state index in [1.54, 1.807) is 6.92 Å². The van der Waals surface area contributed by atoms with Gasteiger partial charge in [-0.05, 0) is 25.1 Å². The number of aromatic nitrogens is 1. The first-order chi connectivity index (χ1) is 8.37. The minimum absolute atomic E-state index is 0.0210. The molecule has 0 bridgehead atoms. The zero-order valence-corrected chi connectivity index (χ0v) is 14.9. The molecule has 0 radical (unpaired) electrons. The molecule has 1 unspecified atom stereocenters. The number of aliphatic hydroxyl groups excluding tert-OH is 1. The van der Waals surface area contributed by atoms with Crippen molar-refractivity contribution in [1.29, 1.82) is 0 Å². The SMILES string of the molecule is C[C@@H](O)c1ncc(S(N)(=O)=N[Si](C)(C)C(C)(C)C)s1. The number of thiazole rings is 1. The first-order valence-corrected chi connectivity index (χ1v) is 11.4. The maximum Gasteiger partial charge on any atom is 0.195 e. The summed E-state index contributed by atoms with van der Waals surface area (Å²) >= 11 is 1.17. The smallest absolute Gasteiger partial charge is 0.195 e. The maximum absolute atomic E-state index is 12.6. The molecule has 1 aromatic heterocycles. The third-order valence-electron chi connectivity index (χ3n) is 3.35. The van der Waals surface area contributed by atoms with Crippen molar-refractivity contribution in [2.24, 2.45) is 9.17 Å². The van der Waals surface area contributed by atoms with E-state index >= 15 is 0 Å². The second-order valence-electron chi connectivity index (χ2n) is 6.16. The predicted octanol–water partition coefficient (Wildman–Crippen LogP) is 2.90. The number of rotatable bonds is 3. The largest absolute Gasteiger partial charge is 0.386 e. The van der Waals surface area contributed by atoms with E-state index in [1.807, 2.05) is 0 Å². The zero-order chi connectivity index (χ0) is 15.1. The van der Waals surface area contributed by atoms with Gasteiger partial charge in [0.05, 0.1) is 6.20 Å². The fourth-order valence-electron chi connectivity index (χ4n) is 1.12. The van der Waals surface area contributed by atoms with E-state index in [-0.39, 0.29) is 5.04 Å². The van der Waals surface area contributed by atoms with Crippen molar-refractivity contribution in [3.63, 3.8) is 0 Å². The van der Waals surface area contributed by atoms with Crippen LogP contribution in [-0.2, 0) is 9.92 Å². The number of hydrogen-bond acceptors (Lipinski definition) is 5. The van der Waals surface area contributed by atoms with Crippen LogP contribution in [0, 0.1) is 0 Å². The van der Waals surface area contributed by atoms with Crippen molar-refractivity contribution in [2.75, 3.05) is 0 Å². The molecule has 2 atom stereocenters. The highest BCUT2D eigenvalue weighted by Crippen LogP contribution is 2.38. The Morgan fingerprint density at radius 1 is 1.53 bits per heavy atom. The van der Waals surface area contributed by atoms with Crippen LogP contribution in [-0.4, -0.2) is 22.5 Å². The van der Waals surface area contributed by atoms with Crippen molar-refractivity contribution < 1.29 is 9.32 Å². The zero-order valence-electron chi connectivity index (χ0n) is 12.3. The molecule has 1 heterocycles. The number of aliphatic hydroxyl groups is 1. The van der Waals surface area contributed by atoms with Gasteiger partial charge in [0.2, 0.25) is 0 Å². The standard InChI is InChI=1S/C11H23N3O2S2Si/c1-8(15)10-13-7-9(17-10)18(12,16)14-19(5,6)11(2,3)4/h7-8,15H,1-6H3,(H2,12,14,16)/t8-,18?/m1/s1. The van der Waals surface area contributed by atoms with Gasteiger partial charge in [-0.3, -0.25) is 4.03 Å². The Bertz CT molecular complexity index is 567. The second-order valence-corrected chi connectivity index (χ2v) is 14.4. The number of hydrogen-bond donors (Lipinski definition) is 2. The summed E-state index contributed by atoms with van der Waals surface area (Å²) in [7, 11) is -5.03. The molecule has 3 N–H and O–H groups in total. The molecule has 0 saturated carbocycles. The van der Waals surface area contributed by atoms with E-state index in [0.29, 0.717) is 9.22 Å². The molecule has 1 rings (SSSR count). The highest BCUT2D eigenvalue weighted by molar-refractivity contribution is 7.94. The van der Waals surface area contributed by atoms with Gasteiger partial charge in [-0.2, -0.15) is 0 Å². The first kappa shape index (κ1) is 16.8. The third kappa shape index (κ3) is 3.85. The predicted molar refractivity (Wildman–Crippen MR) is 83.0 cm³/mol. The molecule has 19 heavy (non-hydrogen) atoms. The van der Waals surface area contributed by atoms with E-state index in [9.17, 15) is 9.32 Å². The normalized spacial score (nSPS) is 17.9. The molecular weight excluding hydrogens is 298 g/mol. The van der Waals surface area contributed by atoms with Gasteiger partial charge in [0, 0.05) is 0 Å². The Morgan fingerprint density at radius 2 is 2.05 bits per heavy atom. The molecule has 0 fully saturated rings. The number of nitrogens with two attached hydrogens (primary N) is 1. The van der Waals surface area contributed by atoms with Crippen molar-refractivity contribution in [2.45, 2.75) is 56.1 Å². The van der Waals surface area contributed by atoms with Crippen LogP contribution < -0.4 is 5.14 Å². The summed E-state index contributed by atoms with van der Waals surface area (Å²) in [6.45, 7) is 12.0. The van der Waals surface area contributed by atoms with Crippen LogP contribution >= 0.6 is 11.3 Å². The van der Waals surface area contributed by atoms with E-state index < -0.39 is 24.3 Å². The highest BCUT2D eigenvalue weighted by Gasteiger charge is 2.37. The maximum atomic E-state index is 12.6. The lowest BCUT2D eigenvalue weighted by Crippen LogP contribution is -2.37. The van der Waals surface area contributed by atoms with Crippen LogP contribution in [0.25, 0.3) is 0 Å². The fourth-order valence-corrected chi connectivity index (χ4v) is 7.15. The second kappa shape index (κ2) is 5.25. The molecule has 0 spiro atoms. The van der Waals surface area contributed by atoms with Crippen molar-refractivity contribution in [1.82, 2.24) is 4.98 Å². The van der Waals surface area contributed by atoms with Crippen LogP contribution in [0.1, 0.15) is 38.8 Å². The summed E-state index contributed by atoms with van der Waals surface area (Å²) in [6.07, 6.45) is 0.785. The van der Waals surface area contributed by atoms with Crippen molar-refractivity contribution >= 4 is 29.5 Å². The molecule has 0 aliphatic rings. The lowest BCUT2D eigenvalue weighted by atomic mass is 10.2. The Hall–Kier alpha value is -0.283. The molecule has 0 aliphatic carbocycles. The summed E-state index contributed by atoms with van der Waals surface area (Å²) in [5.41, 5.74) is 0. The minimum atomic E-state index is -2.93. The van der Waals surface area contributed by atoms with Gasteiger partial charge in [-0.15, -0.1) is 11.3 Å². The van der Waals surface area contributed by atoms with Crippen LogP contribution in [0.2, 0.25) is 18.1 Å². The van der Waals surface area contributed by atoms with Crippen LogP contribution in [0.3, 0.4) is 0 Å². The highest BCUT2D eigenvalue weighted by atomic mass is 32.2. The van der Waals surface area contributed by atoms with E-state index in [1.165, 1.54) is 17.5 Å². The van der Waals surface area contributed by atoms with Gasteiger partial charge in [0.15, 0.2) is 8.24 Å². The topological polar surface area (TPSA) is 88.6 Å². The summed E-state index contributed by atoms with van der Waals surface area (Å²) in [5, 5.41) is 15.9. The van der Waals surface area contributed by atoms with Crippen molar-refractivity contribution in [3.05, 3.63) is 11.2 Å². The molecule has 1 aromatic rings. The monoisotopic (exact) mass is 321 g/mol.